The van der Waals surface area contributed by atoms with Crippen molar-refractivity contribution in [2.75, 3.05) is 13.1 Å². The molecule has 0 amide bonds. The van der Waals surface area contributed by atoms with Gasteiger partial charge in [0.1, 0.15) is 0 Å². The topological polar surface area (TPSA) is 20.3 Å². The van der Waals surface area contributed by atoms with Gasteiger partial charge in [-0.15, -0.1) is 0 Å². The second-order valence-corrected chi connectivity index (χ2v) is 5.37. The molecule has 2 nitrogen and oxygen atoms in total. The van der Waals surface area contributed by atoms with Gasteiger partial charge in [0.2, 0.25) is 0 Å². The summed E-state index contributed by atoms with van der Waals surface area (Å²) in [6.45, 7) is 2.39. The molecule has 0 bridgehead atoms. The summed E-state index contributed by atoms with van der Waals surface area (Å²) in [6, 6.07) is 18.2. The lowest BCUT2D eigenvalue weighted by Gasteiger charge is -2.19. The van der Waals surface area contributed by atoms with Crippen LogP contribution in [0, 0.1) is 0 Å². The van der Waals surface area contributed by atoms with Crippen LogP contribution in [0.1, 0.15) is 27.9 Å². The van der Waals surface area contributed by atoms with Crippen LogP contribution in [0.5, 0.6) is 0 Å². The number of fused-ring (bicyclic) bond motifs is 1. The fourth-order valence-corrected chi connectivity index (χ4v) is 2.82. The fourth-order valence-electron chi connectivity index (χ4n) is 2.82. The first-order valence-corrected chi connectivity index (χ1v) is 7.20. The number of ketones is 1. The van der Waals surface area contributed by atoms with Gasteiger partial charge in [0.05, 0.1) is 6.54 Å². The van der Waals surface area contributed by atoms with Gasteiger partial charge in [-0.25, -0.2) is 0 Å². The fraction of sp³-hybridized carbons (Fsp3) is 0.278. The molecule has 2 heteroatoms. The molecule has 2 aromatic rings. The summed E-state index contributed by atoms with van der Waals surface area (Å²) in [5, 5.41) is 0. The Morgan fingerprint density at radius 3 is 2.45 bits per heavy atom. The number of hydrogen-bond donors (Lipinski definition) is 0. The van der Waals surface area contributed by atoms with Gasteiger partial charge >= 0.3 is 0 Å². The average molecular weight is 265 g/mol. The standard InChI is InChI=1S/C18H19NO/c20-18(16-8-2-1-3-9-16)14-19-12-6-11-15-7-4-5-10-17(15)13-19/h1-5,7-10H,6,11-14H2. The molecular weight excluding hydrogens is 246 g/mol. The van der Waals surface area contributed by atoms with E-state index in [-0.39, 0.29) is 5.78 Å². The molecule has 1 heterocycles. The summed E-state index contributed by atoms with van der Waals surface area (Å²) in [4.78, 5) is 14.6. The number of carbonyl (C=O) groups is 1. The highest BCUT2D eigenvalue weighted by atomic mass is 16.1. The Bertz CT molecular complexity index is 591. The van der Waals surface area contributed by atoms with E-state index in [1.54, 1.807) is 0 Å². The Balaban J connectivity index is 1.71. The first kappa shape index (κ1) is 13.1. The van der Waals surface area contributed by atoms with Crippen molar-refractivity contribution in [3.05, 3.63) is 71.3 Å². The minimum Gasteiger partial charge on any atom is -0.293 e. The Morgan fingerprint density at radius 1 is 0.950 bits per heavy atom. The predicted molar refractivity (Wildman–Crippen MR) is 80.8 cm³/mol. The number of carbonyl (C=O) groups excluding carboxylic acids is 1. The molecule has 0 radical (unpaired) electrons. The third kappa shape index (κ3) is 2.97. The molecule has 0 unspecified atom stereocenters. The highest BCUT2D eigenvalue weighted by Crippen LogP contribution is 2.18. The number of Topliss-reactive ketones (excluding diaryl/α,β-unsaturated/α-hetero) is 1. The Hall–Kier alpha value is -1.93. The lowest BCUT2D eigenvalue weighted by Crippen LogP contribution is -2.29. The molecule has 0 fully saturated rings. The van der Waals surface area contributed by atoms with Crippen LogP contribution in [0.15, 0.2) is 54.6 Å². The van der Waals surface area contributed by atoms with Gasteiger partial charge in [0, 0.05) is 12.1 Å². The van der Waals surface area contributed by atoms with Crippen molar-refractivity contribution in [2.45, 2.75) is 19.4 Å². The minimum absolute atomic E-state index is 0.213. The highest BCUT2D eigenvalue weighted by Gasteiger charge is 2.17. The van der Waals surface area contributed by atoms with Gasteiger partial charge < -0.3 is 0 Å². The number of aryl methyl sites for hydroxylation is 1. The quantitative estimate of drug-likeness (QED) is 0.793. The van der Waals surface area contributed by atoms with E-state index >= 15 is 0 Å². The smallest absolute Gasteiger partial charge is 0.176 e. The second kappa shape index (κ2) is 6.02. The Kier molecular flexibility index (Phi) is 3.93. The molecule has 0 saturated carbocycles. The molecule has 0 N–H and O–H groups in total. The highest BCUT2D eigenvalue weighted by molar-refractivity contribution is 5.97. The van der Waals surface area contributed by atoms with Crippen LogP contribution in [0.3, 0.4) is 0 Å². The van der Waals surface area contributed by atoms with Crippen molar-refractivity contribution < 1.29 is 4.79 Å². The second-order valence-electron chi connectivity index (χ2n) is 5.37. The predicted octanol–water partition coefficient (Wildman–Crippen LogP) is 3.32. The molecule has 1 aliphatic heterocycles. The van der Waals surface area contributed by atoms with Gasteiger partial charge in [0.25, 0.3) is 0 Å². The van der Waals surface area contributed by atoms with Gasteiger partial charge in [0.15, 0.2) is 5.78 Å². The molecule has 2 aromatic carbocycles. The largest absolute Gasteiger partial charge is 0.293 e. The monoisotopic (exact) mass is 265 g/mol. The van der Waals surface area contributed by atoms with Crippen molar-refractivity contribution in [3.8, 4) is 0 Å². The van der Waals surface area contributed by atoms with E-state index < -0.39 is 0 Å². The summed E-state index contributed by atoms with van der Waals surface area (Å²) >= 11 is 0. The summed E-state index contributed by atoms with van der Waals surface area (Å²) < 4.78 is 0. The zero-order chi connectivity index (χ0) is 13.8. The van der Waals surface area contributed by atoms with Gasteiger partial charge in [-0.1, -0.05) is 54.6 Å². The van der Waals surface area contributed by atoms with Crippen molar-refractivity contribution in [3.63, 3.8) is 0 Å². The van der Waals surface area contributed by atoms with Crippen LogP contribution in [-0.4, -0.2) is 23.8 Å². The minimum atomic E-state index is 0.213. The summed E-state index contributed by atoms with van der Waals surface area (Å²) in [7, 11) is 0. The lowest BCUT2D eigenvalue weighted by molar-refractivity contribution is 0.0927. The average Bonchev–Trinajstić information content (AvgIpc) is 2.69. The SMILES string of the molecule is O=C(CN1CCCc2ccccc2C1)c1ccccc1. The van der Waals surface area contributed by atoms with E-state index in [2.05, 4.69) is 29.2 Å². The van der Waals surface area contributed by atoms with E-state index in [1.807, 2.05) is 30.3 Å². The third-order valence-electron chi connectivity index (χ3n) is 3.90. The van der Waals surface area contributed by atoms with Crippen LogP contribution in [0.25, 0.3) is 0 Å². The molecule has 1 aliphatic rings. The maximum Gasteiger partial charge on any atom is 0.176 e. The summed E-state index contributed by atoms with van der Waals surface area (Å²) in [5.74, 6) is 0.213. The Morgan fingerprint density at radius 2 is 1.65 bits per heavy atom. The van der Waals surface area contributed by atoms with Crippen molar-refractivity contribution in [1.82, 2.24) is 4.90 Å². The molecule has 3 rings (SSSR count). The van der Waals surface area contributed by atoms with Crippen LogP contribution >= 0.6 is 0 Å². The van der Waals surface area contributed by atoms with Crippen LogP contribution in [-0.2, 0) is 13.0 Å². The zero-order valence-corrected chi connectivity index (χ0v) is 11.6. The first-order valence-electron chi connectivity index (χ1n) is 7.20. The lowest BCUT2D eigenvalue weighted by atomic mass is 10.0. The zero-order valence-electron chi connectivity index (χ0n) is 11.6. The maximum absolute atomic E-state index is 12.3. The maximum atomic E-state index is 12.3. The van der Waals surface area contributed by atoms with E-state index in [4.69, 9.17) is 0 Å². The molecule has 0 saturated heterocycles. The van der Waals surface area contributed by atoms with Crippen LogP contribution in [0.4, 0.5) is 0 Å². The van der Waals surface area contributed by atoms with Crippen LogP contribution in [0.2, 0.25) is 0 Å². The first-order chi connectivity index (χ1) is 9.83. The molecule has 0 aliphatic carbocycles. The summed E-state index contributed by atoms with van der Waals surface area (Å²) in [6.07, 6.45) is 2.24. The van der Waals surface area contributed by atoms with E-state index in [0.29, 0.717) is 6.54 Å². The third-order valence-corrected chi connectivity index (χ3v) is 3.90. The van der Waals surface area contributed by atoms with Crippen molar-refractivity contribution >= 4 is 5.78 Å². The van der Waals surface area contributed by atoms with Gasteiger partial charge in [-0.2, -0.15) is 0 Å². The van der Waals surface area contributed by atoms with Crippen LogP contribution < -0.4 is 0 Å². The number of nitrogens with zero attached hydrogens (tertiary/aromatic N) is 1. The van der Waals surface area contributed by atoms with E-state index in [0.717, 1.165) is 31.5 Å². The van der Waals surface area contributed by atoms with Gasteiger partial charge in [-0.3, -0.25) is 9.69 Å². The molecule has 0 spiro atoms. The molecule has 0 atom stereocenters. The number of benzene rings is 2. The Labute approximate surface area is 120 Å². The van der Waals surface area contributed by atoms with Crippen molar-refractivity contribution in [2.24, 2.45) is 0 Å². The van der Waals surface area contributed by atoms with Crippen molar-refractivity contribution in [1.29, 1.82) is 0 Å². The molecule has 0 aromatic heterocycles. The normalized spacial score (nSPS) is 15.4. The summed E-state index contributed by atoms with van der Waals surface area (Å²) in [5.41, 5.74) is 3.61. The number of rotatable bonds is 3. The molecular formula is C18H19NO. The van der Waals surface area contributed by atoms with E-state index in [9.17, 15) is 4.79 Å². The van der Waals surface area contributed by atoms with E-state index in [1.165, 1.54) is 11.1 Å². The molecule has 102 valence electrons. The van der Waals surface area contributed by atoms with Gasteiger partial charge in [-0.05, 0) is 30.5 Å². The number of hydrogen-bond acceptors (Lipinski definition) is 2. The molecule has 20 heavy (non-hydrogen) atoms.